The van der Waals surface area contributed by atoms with Crippen LogP contribution in [0.4, 0.5) is 0 Å². The van der Waals surface area contributed by atoms with Crippen molar-refractivity contribution >= 4 is 11.9 Å². The Balaban J connectivity index is 3.35. The average molecular weight is 1250 g/mol. The van der Waals surface area contributed by atoms with Gasteiger partial charge in [-0.15, -0.1) is 0 Å². The van der Waals surface area contributed by atoms with Crippen molar-refractivity contribution in [3.05, 3.63) is 24.3 Å². The van der Waals surface area contributed by atoms with Gasteiger partial charge < -0.3 is 20.3 Å². The SMILES string of the molecule is CCCCCCCCCCCCCCCCCCCCCCC(O)C(CO)NC(=O)CCCCCCCCCCCCCCCCCCC/C=C\C/C=C\CCCCCCCCCCCCCCCCCOC(=O)CCCCCCCCCCCCCCC. The van der Waals surface area contributed by atoms with Crippen molar-refractivity contribution < 1.29 is 24.5 Å². The van der Waals surface area contributed by atoms with Crippen LogP contribution in [0.25, 0.3) is 0 Å². The van der Waals surface area contributed by atoms with Gasteiger partial charge in [0.05, 0.1) is 25.4 Å². The molecule has 0 saturated heterocycles. The van der Waals surface area contributed by atoms with E-state index in [4.69, 9.17) is 4.74 Å². The minimum Gasteiger partial charge on any atom is -0.466 e. The Morgan fingerprint density at radius 2 is 0.562 bits per heavy atom. The second-order valence-electron chi connectivity index (χ2n) is 28.5. The Bertz CT molecular complexity index is 1400. The van der Waals surface area contributed by atoms with Crippen molar-refractivity contribution in [2.75, 3.05) is 13.2 Å². The first kappa shape index (κ1) is 87.3. The molecule has 0 rings (SSSR count). The largest absolute Gasteiger partial charge is 0.466 e. The molecule has 0 aromatic rings. The van der Waals surface area contributed by atoms with E-state index >= 15 is 0 Å². The number of hydrogen-bond acceptors (Lipinski definition) is 5. The second-order valence-corrected chi connectivity index (χ2v) is 28.5. The highest BCUT2D eigenvalue weighted by atomic mass is 16.5. The van der Waals surface area contributed by atoms with Gasteiger partial charge in [-0.1, -0.05) is 423 Å². The van der Waals surface area contributed by atoms with Crippen LogP contribution in [0.3, 0.4) is 0 Å². The molecule has 0 bridgehead atoms. The highest BCUT2D eigenvalue weighted by Gasteiger charge is 2.20. The summed E-state index contributed by atoms with van der Waals surface area (Å²) < 4.78 is 5.50. The van der Waals surface area contributed by atoms with Crippen molar-refractivity contribution in [1.82, 2.24) is 5.32 Å². The number of hydrogen-bond donors (Lipinski definition) is 3. The van der Waals surface area contributed by atoms with Crippen LogP contribution in [-0.2, 0) is 14.3 Å². The molecule has 0 spiro atoms. The van der Waals surface area contributed by atoms with Gasteiger partial charge in [0, 0.05) is 12.8 Å². The van der Waals surface area contributed by atoms with Gasteiger partial charge in [-0.3, -0.25) is 9.59 Å². The summed E-state index contributed by atoms with van der Waals surface area (Å²) in [5, 5.41) is 23.4. The fourth-order valence-corrected chi connectivity index (χ4v) is 13.3. The van der Waals surface area contributed by atoms with Gasteiger partial charge in [0.25, 0.3) is 0 Å². The Morgan fingerprint density at radius 3 is 0.854 bits per heavy atom. The molecule has 0 aliphatic heterocycles. The fourth-order valence-electron chi connectivity index (χ4n) is 13.3. The highest BCUT2D eigenvalue weighted by molar-refractivity contribution is 5.76. The maximum Gasteiger partial charge on any atom is 0.305 e. The molecule has 0 aliphatic carbocycles. The van der Waals surface area contributed by atoms with Crippen molar-refractivity contribution in [2.45, 2.75) is 482 Å². The van der Waals surface area contributed by atoms with Gasteiger partial charge in [-0.05, 0) is 57.8 Å². The van der Waals surface area contributed by atoms with Gasteiger partial charge in [0.1, 0.15) is 0 Å². The summed E-state index contributed by atoms with van der Waals surface area (Å²) in [5.74, 6) is -0.00380. The zero-order valence-electron chi connectivity index (χ0n) is 60.7. The first-order chi connectivity index (χ1) is 44.0. The monoisotopic (exact) mass is 1250 g/mol. The molecule has 0 heterocycles. The summed E-state index contributed by atoms with van der Waals surface area (Å²) >= 11 is 0. The van der Waals surface area contributed by atoms with Crippen LogP contribution >= 0.6 is 0 Å². The zero-order chi connectivity index (χ0) is 64.2. The fraction of sp³-hybridized carbons (Fsp3) is 0.928. The number of amides is 1. The molecule has 0 fully saturated rings. The van der Waals surface area contributed by atoms with E-state index in [-0.39, 0.29) is 18.5 Å². The topological polar surface area (TPSA) is 95.9 Å². The lowest BCUT2D eigenvalue weighted by Gasteiger charge is -2.22. The lowest BCUT2D eigenvalue weighted by Crippen LogP contribution is -2.45. The molecule has 3 N–H and O–H groups in total. The molecule has 0 aromatic heterocycles. The van der Waals surface area contributed by atoms with Crippen molar-refractivity contribution in [3.63, 3.8) is 0 Å². The Kier molecular flexibility index (Phi) is 77.3. The van der Waals surface area contributed by atoms with Gasteiger partial charge in [0.2, 0.25) is 5.91 Å². The molecule has 0 saturated carbocycles. The van der Waals surface area contributed by atoms with Crippen LogP contribution in [0, 0.1) is 0 Å². The summed E-state index contributed by atoms with van der Waals surface area (Å²) in [5.41, 5.74) is 0. The highest BCUT2D eigenvalue weighted by Crippen LogP contribution is 2.20. The number of esters is 1. The number of nitrogens with one attached hydrogen (secondary N) is 1. The number of carbonyl (C=O) groups is 2. The number of rotatable bonds is 78. The smallest absolute Gasteiger partial charge is 0.305 e. The van der Waals surface area contributed by atoms with Gasteiger partial charge >= 0.3 is 5.97 Å². The predicted octanol–water partition coefficient (Wildman–Crippen LogP) is 27.2. The van der Waals surface area contributed by atoms with E-state index in [9.17, 15) is 19.8 Å². The minimum absolute atomic E-state index is 0.0228. The maximum absolute atomic E-state index is 12.6. The van der Waals surface area contributed by atoms with Gasteiger partial charge in [-0.25, -0.2) is 0 Å². The van der Waals surface area contributed by atoms with Crippen LogP contribution in [0.15, 0.2) is 24.3 Å². The van der Waals surface area contributed by atoms with Crippen LogP contribution < -0.4 is 5.32 Å². The number of carbonyl (C=O) groups excluding carboxylic acids is 2. The molecule has 6 heteroatoms. The van der Waals surface area contributed by atoms with Gasteiger partial charge in [-0.2, -0.15) is 0 Å². The molecule has 89 heavy (non-hydrogen) atoms. The van der Waals surface area contributed by atoms with Gasteiger partial charge in [0.15, 0.2) is 0 Å². The standard InChI is InChI=1S/C83H161NO5/c1-3-5-7-9-11-13-15-17-18-19-20-42-45-48-52-55-59-63-67-71-75-81(86)80(79-85)84-82(87)76-72-68-64-60-56-53-49-46-43-40-38-36-34-32-30-28-26-24-22-21-23-25-27-29-31-33-35-37-39-41-44-47-50-54-58-62-66-70-74-78-89-83(88)77-73-69-65-61-57-51-16-14-12-10-8-6-4-2/h21-22,25,27,80-81,85-86H,3-20,23-24,26,28-79H2,1-2H3,(H,84,87)/b22-21-,27-25-. The summed E-state index contributed by atoms with van der Waals surface area (Å²) in [6, 6.07) is -0.540. The van der Waals surface area contributed by atoms with Crippen LogP contribution in [0.5, 0.6) is 0 Å². The van der Waals surface area contributed by atoms with Crippen LogP contribution in [0.2, 0.25) is 0 Å². The molecule has 528 valence electrons. The van der Waals surface area contributed by atoms with E-state index in [1.54, 1.807) is 0 Å². The van der Waals surface area contributed by atoms with Crippen LogP contribution in [-0.4, -0.2) is 47.4 Å². The Morgan fingerprint density at radius 1 is 0.315 bits per heavy atom. The second kappa shape index (κ2) is 78.8. The number of aliphatic hydroxyl groups excluding tert-OH is 2. The van der Waals surface area contributed by atoms with E-state index in [0.717, 1.165) is 44.9 Å². The lowest BCUT2D eigenvalue weighted by molar-refractivity contribution is -0.143. The summed E-state index contributed by atoms with van der Waals surface area (Å²) in [6.45, 7) is 5.01. The molecule has 2 unspecified atom stereocenters. The number of aliphatic hydroxyl groups is 2. The van der Waals surface area contributed by atoms with E-state index in [0.29, 0.717) is 25.9 Å². The molecule has 0 aromatic carbocycles. The molecular formula is C83H161NO5. The zero-order valence-corrected chi connectivity index (χ0v) is 60.7. The minimum atomic E-state index is -0.663. The first-order valence-electron chi connectivity index (χ1n) is 41.1. The molecule has 1 amide bonds. The molecule has 2 atom stereocenters. The third kappa shape index (κ3) is 75.3. The quantitative estimate of drug-likeness (QED) is 0.0320. The summed E-state index contributed by atoms with van der Waals surface area (Å²) in [6.07, 6.45) is 101. The number of unbranched alkanes of at least 4 members (excludes halogenated alkanes) is 63. The van der Waals surface area contributed by atoms with Crippen molar-refractivity contribution in [2.24, 2.45) is 0 Å². The molecule has 6 nitrogen and oxygen atoms in total. The lowest BCUT2D eigenvalue weighted by atomic mass is 10.0. The Labute approximate surface area is 558 Å². The number of allylic oxidation sites excluding steroid dienone is 4. The maximum atomic E-state index is 12.6. The third-order valence-electron chi connectivity index (χ3n) is 19.5. The van der Waals surface area contributed by atoms with Crippen molar-refractivity contribution in [1.29, 1.82) is 0 Å². The molecular weight excluding hydrogens is 1090 g/mol. The Hall–Kier alpha value is -1.66. The van der Waals surface area contributed by atoms with E-state index in [1.165, 1.54) is 392 Å². The molecule has 0 aliphatic rings. The number of ether oxygens (including phenoxy) is 1. The van der Waals surface area contributed by atoms with E-state index in [2.05, 4.69) is 43.5 Å². The third-order valence-corrected chi connectivity index (χ3v) is 19.5. The van der Waals surface area contributed by atoms with Crippen molar-refractivity contribution in [3.8, 4) is 0 Å². The predicted molar refractivity (Wildman–Crippen MR) is 393 cm³/mol. The molecule has 0 radical (unpaired) electrons. The van der Waals surface area contributed by atoms with Crippen LogP contribution in [0.1, 0.15) is 470 Å². The average Bonchev–Trinajstić information content (AvgIpc) is 3.67. The summed E-state index contributed by atoms with van der Waals surface area (Å²) in [4.78, 5) is 24.6. The van der Waals surface area contributed by atoms with E-state index in [1.807, 2.05) is 0 Å². The summed E-state index contributed by atoms with van der Waals surface area (Å²) in [7, 11) is 0. The van der Waals surface area contributed by atoms with E-state index < -0.39 is 12.1 Å². The first-order valence-corrected chi connectivity index (χ1v) is 41.1. The normalized spacial score (nSPS) is 12.5.